The van der Waals surface area contributed by atoms with E-state index < -0.39 is 0 Å². The second-order valence-electron chi connectivity index (χ2n) is 8.15. The highest BCUT2D eigenvalue weighted by Gasteiger charge is 2.12. The summed E-state index contributed by atoms with van der Waals surface area (Å²) in [7, 11) is 3.81. The molecular weight excluding hydrogens is 334 g/mol. The SMILES string of the molecule is CN=C(NCCc1ccc(C(C)(C)C)cc1)NCCc1c(C)nn(C)c1C. The Morgan fingerprint density at radius 1 is 1.04 bits per heavy atom. The minimum atomic E-state index is 0.202. The van der Waals surface area contributed by atoms with Crippen LogP contribution >= 0.6 is 0 Å². The first-order chi connectivity index (χ1) is 12.7. The smallest absolute Gasteiger partial charge is 0.190 e. The number of rotatable bonds is 6. The van der Waals surface area contributed by atoms with Crippen molar-refractivity contribution in [2.24, 2.45) is 12.0 Å². The average Bonchev–Trinajstić information content (AvgIpc) is 2.86. The lowest BCUT2D eigenvalue weighted by molar-refractivity contribution is 0.590. The van der Waals surface area contributed by atoms with Gasteiger partial charge in [0, 0.05) is 32.9 Å². The van der Waals surface area contributed by atoms with Gasteiger partial charge in [0.2, 0.25) is 0 Å². The second-order valence-corrected chi connectivity index (χ2v) is 8.15. The summed E-state index contributed by atoms with van der Waals surface area (Å²) in [5.74, 6) is 0.848. The van der Waals surface area contributed by atoms with Gasteiger partial charge >= 0.3 is 0 Å². The lowest BCUT2D eigenvalue weighted by Gasteiger charge is -2.19. The molecule has 1 aromatic heterocycles. The number of hydrogen-bond acceptors (Lipinski definition) is 2. The molecule has 2 rings (SSSR count). The zero-order valence-electron chi connectivity index (χ0n) is 18.0. The van der Waals surface area contributed by atoms with Crippen molar-refractivity contribution in [2.45, 2.75) is 52.9 Å². The Hall–Kier alpha value is -2.30. The normalized spacial score (nSPS) is 12.3. The summed E-state index contributed by atoms with van der Waals surface area (Å²) in [5, 5.41) is 11.3. The molecule has 27 heavy (non-hydrogen) atoms. The van der Waals surface area contributed by atoms with Gasteiger partial charge in [-0.15, -0.1) is 0 Å². The molecule has 0 aliphatic rings. The van der Waals surface area contributed by atoms with Gasteiger partial charge in [-0.25, -0.2) is 0 Å². The fraction of sp³-hybridized carbons (Fsp3) is 0.545. The van der Waals surface area contributed by atoms with Crippen LogP contribution in [0.2, 0.25) is 0 Å². The van der Waals surface area contributed by atoms with Gasteiger partial charge < -0.3 is 10.6 Å². The maximum absolute atomic E-state index is 4.48. The predicted molar refractivity (Wildman–Crippen MR) is 115 cm³/mol. The summed E-state index contributed by atoms with van der Waals surface area (Å²) in [4.78, 5) is 4.32. The molecule has 0 aliphatic heterocycles. The molecule has 0 aliphatic carbocycles. The number of nitrogens with zero attached hydrogens (tertiary/aromatic N) is 3. The first-order valence-corrected chi connectivity index (χ1v) is 9.75. The van der Waals surface area contributed by atoms with Crippen molar-refractivity contribution in [3.05, 3.63) is 52.3 Å². The number of guanidine groups is 1. The molecule has 1 aromatic carbocycles. The third-order valence-corrected chi connectivity index (χ3v) is 5.08. The minimum Gasteiger partial charge on any atom is -0.356 e. The quantitative estimate of drug-likeness (QED) is 0.607. The molecule has 0 radical (unpaired) electrons. The summed E-state index contributed by atoms with van der Waals surface area (Å²) in [6.45, 7) is 12.6. The molecule has 2 N–H and O–H groups in total. The van der Waals surface area contributed by atoms with Crippen LogP contribution in [-0.2, 0) is 25.3 Å². The van der Waals surface area contributed by atoms with Gasteiger partial charge in [-0.2, -0.15) is 5.10 Å². The van der Waals surface area contributed by atoms with Crippen molar-refractivity contribution in [2.75, 3.05) is 20.1 Å². The van der Waals surface area contributed by atoms with E-state index in [-0.39, 0.29) is 5.41 Å². The van der Waals surface area contributed by atoms with Crippen LogP contribution in [0, 0.1) is 13.8 Å². The van der Waals surface area contributed by atoms with Crippen molar-refractivity contribution in [3.63, 3.8) is 0 Å². The molecule has 2 aromatic rings. The lowest BCUT2D eigenvalue weighted by Crippen LogP contribution is -2.39. The van der Waals surface area contributed by atoms with Crippen LogP contribution < -0.4 is 10.6 Å². The van der Waals surface area contributed by atoms with Crippen molar-refractivity contribution in [1.29, 1.82) is 0 Å². The molecule has 148 valence electrons. The minimum absolute atomic E-state index is 0.202. The van der Waals surface area contributed by atoms with Crippen LogP contribution in [0.3, 0.4) is 0 Å². The zero-order chi connectivity index (χ0) is 20.0. The molecular formula is C22H35N5. The molecule has 5 nitrogen and oxygen atoms in total. The summed E-state index contributed by atoms with van der Waals surface area (Å²) >= 11 is 0. The van der Waals surface area contributed by atoms with Gasteiger partial charge in [0.05, 0.1) is 5.69 Å². The van der Waals surface area contributed by atoms with Gasteiger partial charge in [-0.05, 0) is 48.8 Å². The number of aryl methyl sites for hydroxylation is 2. The highest BCUT2D eigenvalue weighted by molar-refractivity contribution is 5.79. The van der Waals surface area contributed by atoms with Crippen LogP contribution in [0.25, 0.3) is 0 Å². The number of aromatic nitrogens is 2. The molecule has 0 bridgehead atoms. The molecule has 0 spiro atoms. The number of nitrogens with one attached hydrogen (secondary N) is 2. The monoisotopic (exact) mass is 369 g/mol. The lowest BCUT2D eigenvalue weighted by atomic mass is 9.86. The Balaban J connectivity index is 1.77. The van der Waals surface area contributed by atoms with E-state index in [1.165, 1.54) is 22.4 Å². The average molecular weight is 370 g/mol. The topological polar surface area (TPSA) is 54.2 Å². The van der Waals surface area contributed by atoms with Crippen molar-refractivity contribution in [1.82, 2.24) is 20.4 Å². The maximum atomic E-state index is 4.48. The highest BCUT2D eigenvalue weighted by Crippen LogP contribution is 2.22. The van der Waals surface area contributed by atoms with E-state index in [9.17, 15) is 0 Å². The van der Waals surface area contributed by atoms with E-state index in [0.717, 1.165) is 37.6 Å². The van der Waals surface area contributed by atoms with E-state index in [4.69, 9.17) is 0 Å². The second kappa shape index (κ2) is 9.07. The van der Waals surface area contributed by atoms with E-state index in [0.29, 0.717) is 0 Å². The molecule has 0 saturated heterocycles. The van der Waals surface area contributed by atoms with Gasteiger partial charge in [0.15, 0.2) is 5.96 Å². The van der Waals surface area contributed by atoms with Crippen molar-refractivity contribution in [3.8, 4) is 0 Å². The largest absolute Gasteiger partial charge is 0.356 e. The number of hydrogen-bond donors (Lipinski definition) is 2. The molecule has 0 amide bonds. The molecule has 0 atom stereocenters. The van der Waals surface area contributed by atoms with Crippen molar-refractivity contribution < 1.29 is 0 Å². The molecule has 0 unspecified atom stereocenters. The number of benzene rings is 1. The Labute approximate surface area is 164 Å². The Kier molecular flexibility index (Phi) is 7.05. The first-order valence-electron chi connectivity index (χ1n) is 9.75. The molecule has 5 heteroatoms. The summed E-state index contributed by atoms with van der Waals surface area (Å²) in [6, 6.07) is 8.93. The van der Waals surface area contributed by atoms with Gasteiger partial charge in [-0.3, -0.25) is 9.67 Å². The van der Waals surface area contributed by atoms with E-state index >= 15 is 0 Å². The van der Waals surface area contributed by atoms with Crippen LogP contribution in [0.5, 0.6) is 0 Å². The Morgan fingerprint density at radius 3 is 2.11 bits per heavy atom. The van der Waals surface area contributed by atoms with Gasteiger partial charge in [-0.1, -0.05) is 45.0 Å². The zero-order valence-corrected chi connectivity index (χ0v) is 18.0. The van der Waals surface area contributed by atoms with Crippen LogP contribution in [-0.4, -0.2) is 35.9 Å². The third kappa shape index (κ3) is 5.84. The van der Waals surface area contributed by atoms with Crippen LogP contribution in [0.4, 0.5) is 0 Å². The molecule has 0 fully saturated rings. The standard InChI is InChI=1S/C22H35N5/c1-16-20(17(2)27(7)26-16)13-15-25-21(23-6)24-14-12-18-8-10-19(11-9-18)22(3,4)5/h8-11H,12-15H2,1-7H3,(H2,23,24,25). The first kappa shape index (κ1) is 21.0. The van der Waals surface area contributed by atoms with E-state index in [2.05, 4.69) is 79.6 Å². The fourth-order valence-electron chi connectivity index (χ4n) is 3.20. The third-order valence-electron chi connectivity index (χ3n) is 5.08. The van der Waals surface area contributed by atoms with Gasteiger partial charge in [0.1, 0.15) is 0 Å². The fourth-order valence-corrected chi connectivity index (χ4v) is 3.20. The highest BCUT2D eigenvalue weighted by atomic mass is 15.3. The van der Waals surface area contributed by atoms with E-state index in [1.807, 2.05) is 18.8 Å². The van der Waals surface area contributed by atoms with Crippen LogP contribution in [0.1, 0.15) is 48.8 Å². The van der Waals surface area contributed by atoms with Crippen molar-refractivity contribution >= 4 is 5.96 Å². The summed E-state index contributed by atoms with van der Waals surface area (Å²) < 4.78 is 1.95. The van der Waals surface area contributed by atoms with Crippen LogP contribution in [0.15, 0.2) is 29.3 Å². The molecule has 1 heterocycles. The predicted octanol–water partition coefficient (Wildman–Crippen LogP) is 3.28. The van der Waals surface area contributed by atoms with Gasteiger partial charge in [0.25, 0.3) is 0 Å². The summed E-state index contributed by atoms with van der Waals surface area (Å²) in [6.07, 6.45) is 1.92. The summed E-state index contributed by atoms with van der Waals surface area (Å²) in [5.41, 5.74) is 6.58. The molecule has 0 saturated carbocycles. The maximum Gasteiger partial charge on any atom is 0.190 e. The van der Waals surface area contributed by atoms with E-state index in [1.54, 1.807) is 0 Å². The Bertz CT molecular complexity index is 763. The number of aliphatic imine (C=N–C) groups is 1. The Morgan fingerprint density at radius 2 is 1.63 bits per heavy atom.